The molecule has 32 heavy (non-hydrogen) atoms. The van der Waals surface area contributed by atoms with Crippen LogP contribution in [0.15, 0.2) is 58.4 Å². The lowest BCUT2D eigenvalue weighted by atomic mass is 9.74. The normalized spacial score (nSPS) is 20.8. The second kappa shape index (κ2) is 8.91. The summed E-state index contributed by atoms with van der Waals surface area (Å²) in [6, 6.07) is 13.8. The molecular formula is C23H27N3O5S. The standard InChI is InChI=1S/C23H27N3O5S/c1-16(25-21-19-5-3-4-6-20(19)32(28,29)26-21)22(27)24-15-23(11-13-31-14-12-23)17-7-9-18(30-2)10-8-17/h3-10,16H,11-15H2,1-2H3,(H,24,27)(H,25,26)/t16-/m0/s1. The lowest BCUT2D eigenvalue weighted by Crippen LogP contribution is -2.46. The molecule has 2 aliphatic rings. The summed E-state index contributed by atoms with van der Waals surface area (Å²) < 4.78 is 37.8. The molecule has 1 atom stereocenters. The van der Waals surface area contributed by atoms with Gasteiger partial charge in [-0.1, -0.05) is 24.3 Å². The number of carbonyl (C=O) groups is 1. The second-order valence-corrected chi connectivity index (χ2v) is 9.75. The number of benzene rings is 2. The molecule has 2 aromatic rings. The monoisotopic (exact) mass is 457 g/mol. The molecule has 1 fully saturated rings. The molecule has 2 aliphatic heterocycles. The summed E-state index contributed by atoms with van der Waals surface area (Å²) in [4.78, 5) is 17.4. The number of methoxy groups -OCH3 is 1. The van der Waals surface area contributed by atoms with Gasteiger partial charge < -0.3 is 14.8 Å². The number of carbonyl (C=O) groups excluding carboxylic acids is 1. The molecule has 2 aromatic carbocycles. The molecule has 0 aromatic heterocycles. The van der Waals surface area contributed by atoms with Crippen LogP contribution in [0.1, 0.15) is 30.9 Å². The molecule has 0 spiro atoms. The number of aliphatic imine (C=N–C) groups is 1. The van der Waals surface area contributed by atoms with Gasteiger partial charge in [0.1, 0.15) is 17.6 Å². The SMILES string of the molecule is COc1ccc(C2(CNC(=O)[C@H](C)N=C3NS(=O)(=O)c4ccccc43)CCOCC2)cc1. The Morgan fingerprint density at radius 3 is 2.56 bits per heavy atom. The van der Waals surface area contributed by atoms with Crippen molar-refractivity contribution in [3.8, 4) is 5.75 Å². The minimum absolute atomic E-state index is 0.173. The highest BCUT2D eigenvalue weighted by atomic mass is 32.2. The summed E-state index contributed by atoms with van der Waals surface area (Å²) in [7, 11) is -2.01. The van der Waals surface area contributed by atoms with Crippen molar-refractivity contribution < 1.29 is 22.7 Å². The van der Waals surface area contributed by atoms with E-state index >= 15 is 0 Å². The van der Waals surface area contributed by atoms with E-state index in [0.717, 1.165) is 24.2 Å². The number of fused-ring (bicyclic) bond motifs is 1. The number of hydrogen-bond donors (Lipinski definition) is 2. The van der Waals surface area contributed by atoms with Crippen molar-refractivity contribution in [3.05, 3.63) is 59.7 Å². The van der Waals surface area contributed by atoms with Crippen LogP contribution in [0.2, 0.25) is 0 Å². The van der Waals surface area contributed by atoms with Gasteiger partial charge in [-0.05, 0) is 49.6 Å². The Morgan fingerprint density at radius 1 is 1.19 bits per heavy atom. The first-order valence-corrected chi connectivity index (χ1v) is 12.0. The third-order valence-corrected chi connectivity index (χ3v) is 7.52. The topological polar surface area (TPSA) is 106 Å². The number of sulfonamides is 1. The Hall–Kier alpha value is -2.91. The fourth-order valence-electron chi connectivity index (χ4n) is 4.16. The van der Waals surface area contributed by atoms with Crippen LogP contribution in [0, 0.1) is 0 Å². The summed E-state index contributed by atoms with van der Waals surface area (Å²) in [6.45, 7) is 3.34. The van der Waals surface area contributed by atoms with Crippen LogP contribution in [0.25, 0.3) is 0 Å². The number of amides is 1. The van der Waals surface area contributed by atoms with Crippen molar-refractivity contribution in [2.45, 2.75) is 36.1 Å². The van der Waals surface area contributed by atoms with Gasteiger partial charge in [0.25, 0.3) is 10.0 Å². The first-order valence-electron chi connectivity index (χ1n) is 10.5. The van der Waals surface area contributed by atoms with Crippen LogP contribution in [-0.4, -0.2) is 53.1 Å². The number of nitrogens with one attached hydrogen (secondary N) is 2. The van der Waals surface area contributed by atoms with Gasteiger partial charge in [0.15, 0.2) is 0 Å². The molecule has 1 amide bonds. The summed E-state index contributed by atoms with van der Waals surface area (Å²) in [5.74, 6) is 0.711. The van der Waals surface area contributed by atoms with Crippen LogP contribution in [-0.2, 0) is 25.0 Å². The highest BCUT2D eigenvalue weighted by Crippen LogP contribution is 2.35. The summed E-state index contributed by atoms with van der Waals surface area (Å²) in [6.07, 6.45) is 1.57. The van der Waals surface area contributed by atoms with Gasteiger partial charge in [0, 0.05) is 30.7 Å². The molecule has 0 bridgehead atoms. The molecule has 1 saturated heterocycles. The van der Waals surface area contributed by atoms with E-state index in [9.17, 15) is 13.2 Å². The smallest absolute Gasteiger partial charge is 0.263 e. The van der Waals surface area contributed by atoms with Crippen molar-refractivity contribution in [2.24, 2.45) is 4.99 Å². The minimum Gasteiger partial charge on any atom is -0.497 e. The van der Waals surface area contributed by atoms with E-state index in [1.807, 2.05) is 24.3 Å². The summed E-state index contributed by atoms with van der Waals surface area (Å²) in [5.41, 5.74) is 1.36. The molecule has 0 radical (unpaired) electrons. The predicted octanol–water partition coefficient (Wildman–Crippen LogP) is 1.99. The largest absolute Gasteiger partial charge is 0.497 e. The Morgan fingerprint density at radius 2 is 1.88 bits per heavy atom. The van der Waals surface area contributed by atoms with E-state index in [1.54, 1.807) is 32.2 Å². The van der Waals surface area contributed by atoms with Crippen molar-refractivity contribution in [3.63, 3.8) is 0 Å². The van der Waals surface area contributed by atoms with Gasteiger partial charge in [-0.3, -0.25) is 14.5 Å². The molecule has 8 nitrogen and oxygen atoms in total. The number of rotatable bonds is 6. The summed E-state index contributed by atoms with van der Waals surface area (Å²) >= 11 is 0. The van der Waals surface area contributed by atoms with E-state index in [-0.39, 0.29) is 22.1 Å². The maximum Gasteiger partial charge on any atom is 0.263 e. The fourth-order valence-corrected chi connectivity index (χ4v) is 5.40. The number of ether oxygens (including phenoxy) is 2. The lowest BCUT2D eigenvalue weighted by molar-refractivity contribution is -0.122. The Labute approximate surface area is 188 Å². The van der Waals surface area contributed by atoms with Gasteiger partial charge in [-0.2, -0.15) is 0 Å². The van der Waals surface area contributed by atoms with Crippen molar-refractivity contribution in [1.29, 1.82) is 0 Å². The second-order valence-electron chi connectivity index (χ2n) is 8.09. The summed E-state index contributed by atoms with van der Waals surface area (Å²) in [5, 5.41) is 3.03. The molecule has 0 aliphatic carbocycles. The molecule has 9 heteroatoms. The van der Waals surface area contributed by atoms with E-state index in [1.165, 1.54) is 6.07 Å². The maximum atomic E-state index is 12.9. The average Bonchev–Trinajstić information content (AvgIpc) is 3.08. The highest BCUT2D eigenvalue weighted by Gasteiger charge is 2.36. The first kappa shape index (κ1) is 22.3. The van der Waals surface area contributed by atoms with Gasteiger partial charge in [0.2, 0.25) is 5.91 Å². The van der Waals surface area contributed by atoms with Gasteiger partial charge in [0.05, 0.1) is 12.0 Å². The quantitative estimate of drug-likeness (QED) is 0.690. The van der Waals surface area contributed by atoms with E-state index < -0.39 is 16.1 Å². The lowest BCUT2D eigenvalue weighted by Gasteiger charge is -2.38. The van der Waals surface area contributed by atoms with Crippen molar-refractivity contribution >= 4 is 21.8 Å². The Kier molecular flexibility index (Phi) is 6.21. The first-order chi connectivity index (χ1) is 15.3. The molecule has 0 saturated carbocycles. The molecule has 170 valence electrons. The van der Waals surface area contributed by atoms with E-state index in [4.69, 9.17) is 9.47 Å². The zero-order chi connectivity index (χ0) is 22.8. The number of nitrogens with zero attached hydrogens (tertiary/aromatic N) is 1. The van der Waals surface area contributed by atoms with Crippen LogP contribution >= 0.6 is 0 Å². The highest BCUT2D eigenvalue weighted by molar-refractivity contribution is 7.90. The Balaban J connectivity index is 1.49. The van der Waals surface area contributed by atoms with Gasteiger partial charge in [-0.15, -0.1) is 0 Å². The molecule has 4 rings (SSSR count). The van der Waals surface area contributed by atoms with Gasteiger partial charge >= 0.3 is 0 Å². The van der Waals surface area contributed by atoms with E-state index in [2.05, 4.69) is 15.0 Å². The van der Waals surface area contributed by atoms with Crippen LogP contribution < -0.4 is 14.8 Å². The molecule has 2 N–H and O–H groups in total. The van der Waals surface area contributed by atoms with Crippen LogP contribution in [0.3, 0.4) is 0 Å². The van der Waals surface area contributed by atoms with Crippen LogP contribution in [0.5, 0.6) is 5.75 Å². The Bertz CT molecular complexity index is 1120. The van der Waals surface area contributed by atoms with Crippen molar-refractivity contribution in [1.82, 2.24) is 10.0 Å². The minimum atomic E-state index is -3.64. The zero-order valence-corrected chi connectivity index (χ0v) is 18.9. The molecule has 2 heterocycles. The zero-order valence-electron chi connectivity index (χ0n) is 18.1. The number of hydrogen-bond acceptors (Lipinski definition) is 6. The van der Waals surface area contributed by atoms with E-state index in [0.29, 0.717) is 25.3 Å². The maximum absolute atomic E-state index is 12.9. The number of amidine groups is 1. The van der Waals surface area contributed by atoms with Gasteiger partial charge in [-0.25, -0.2) is 8.42 Å². The average molecular weight is 458 g/mol. The van der Waals surface area contributed by atoms with Crippen molar-refractivity contribution in [2.75, 3.05) is 26.9 Å². The molecular weight excluding hydrogens is 430 g/mol. The predicted molar refractivity (Wildman–Crippen MR) is 120 cm³/mol. The third-order valence-electron chi connectivity index (χ3n) is 6.12. The fraction of sp³-hybridized carbons (Fsp3) is 0.391. The van der Waals surface area contributed by atoms with Crippen LogP contribution in [0.4, 0.5) is 0 Å². The molecule has 0 unspecified atom stereocenters. The third kappa shape index (κ3) is 4.35.